The lowest BCUT2D eigenvalue weighted by molar-refractivity contribution is 0.0945. The summed E-state index contributed by atoms with van der Waals surface area (Å²) in [7, 11) is 0. The van der Waals surface area contributed by atoms with Gasteiger partial charge in [-0.25, -0.2) is 13.2 Å². The van der Waals surface area contributed by atoms with Gasteiger partial charge in [0.1, 0.15) is 5.75 Å². The van der Waals surface area contributed by atoms with Crippen molar-refractivity contribution in [1.82, 2.24) is 5.32 Å². The second kappa shape index (κ2) is 5.74. The van der Waals surface area contributed by atoms with Crippen LogP contribution in [0.4, 0.5) is 18.9 Å². The van der Waals surface area contributed by atoms with Crippen molar-refractivity contribution < 1.29 is 23.1 Å². The van der Waals surface area contributed by atoms with Crippen molar-refractivity contribution in [3.05, 3.63) is 58.9 Å². The first-order valence-electron chi connectivity index (χ1n) is 5.89. The molecule has 2 aromatic rings. The molecule has 0 radical (unpaired) electrons. The average molecular weight is 296 g/mol. The molecular formula is C14H11F3N2O2. The molecule has 7 heteroatoms. The van der Waals surface area contributed by atoms with Gasteiger partial charge < -0.3 is 16.2 Å². The van der Waals surface area contributed by atoms with Gasteiger partial charge in [-0.05, 0) is 30.3 Å². The number of benzene rings is 2. The van der Waals surface area contributed by atoms with Crippen LogP contribution in [0.25, 0.3) is 0 Å². The third-order valence-corrected chi connectivity index (χ3v) is 2.82. The van der Waals surface area contributed by atoms with Crippen LogP contribution < -0.4 is 11.1 Å². The van der Waals surface area contributed by atoms with Gasteiger partial charge in [-0.15, -0.1) is 0 Å². The second-order valence-electron chi connectivity index (χ2n) is 4.29. The maximum Gasteiger partial charge on any atom is 0.254 e. The molecular weight excluding hydrogens is 285 g/mol. The Hall–Kier alpha value is -2.70. The van der Waals surface area contributed by atoms with Crippen LogP contribution in [0.3, 0.4) is 0 Å². The van der Waals surface area contributed by atoms with Crippen molar-refractivity contribution in [3.63, 3.8) is 0 Å². The monoisotopic (exact) mass is 296 g/mol. The number of carbonyl (C=O) groups is 1. The topological polar surface area (TPSA) is 75.3 Å². The molecule has 2 aromatic carbocycles. The third-order valence-electron chi connectivity index (χ3n) is 2.82. The quantitative estimate of drug-likeness (QED) is 0.462. The summed E-state index contributed by atoms with van der Waals surface area (Å²) >= 11 is 0. The van der Waals surface area contributed by atoms with Crippen molar-refractivity contribution in [2.45, 2.75) is 6.54 Å². The van der Waals surface area contributed by atoms with Crippen molar-refractivity contribution in [1.29, 1.82) is 0 Å². The zero-order chi connectivity index (χ0) is 15.6. The van der Waals surface area contributed by atoms with Gasteiger partial charge in [0.2, 0.25) is 0 Å². The molecule has 0 heterocycles. The molecule has 110 valence electrons. The maximum absolute atomic E-state index is 13.4. The largest absolute Gasteiger partial charge is 0.508 e. The van der Waals surface area contributed by atoms with Crippen molar-refractivity contribution >= 4 is 11.6 Å². The highest BCUT2D eigenvalue weighted by atomic mass is 19.2. The number of carbonyl (C=O) groups excluding carboxylic acids is 1. The summed E-state index contributed by atoms with van der Waals surface area (Å²) in [5.74, 6) is -5.69. The molecule has 0 aliphatic heterocycles. The van der Waals surface area contributed by atoms with Gasteiger partial charge in [0.15, 0.2) is 17.5 Å². The Bertz CT molecular complexity index is 705. The fourth-order valence-corrected chi connectivity index (χ4v) is 1.72. The first kappa shape index (κ1) is 14.7. The molecule has 2 rings (SSSR count). The van der Waals surface area contributed by atoms with E-state index in [1.165, 1.54) is 18.2 Å². The summed E-state index contributed by atoms with van der Waals surface area (Å²) in [6, 6.07) is 5.73. The minimum atomic E-state index is -1.71. The van der Waals surface area contributed by atoms with E-state index >= 15 is 0 Å². The summed E-state index contributed by atoms with van der Waals surface area (Å²) in [5, 5.41) is 11.9. The minimum absolute atomic E-state index is 0.102. The first-order valence-corrected chi connectivity index (χ1v) is 5.89. The normalized spacial score (nSPS) is 10.4. The lowest BCUT2D eigenvalue weighted by atomic mass is 10.1. The van der Waals surface area contributed by atoms with Gasteiger partial charge in [0.25, 0.3) is 5.91 Å². The Balaban J connectivity index is 2.16. The SMILES string of the molecule is Nc1ccc(O)c(CNC(=O)c2ccc(F)c(F)c2F)c1. The molecule has 0 spiro atoms. The summed E-state index contributed by atoms with van der Waals surface area (Å²) in [4.78, 5) is 11.7. The van der Waals surface area contributed by atoms with Gasteiger partial charge in [-0.3, -0.25) is 4.79 Å². The molecule has 0 saturated carbocycles. The van der Waals surface area contributed by atoms with Crippen LogP contribution in [0.5, 0.6) is 5.75 Å². The number of nitrogen functional groups attached to an aromatic ring is 1. The summed E-state index contributed by atoms with van der Waals surface area (Å²) in [6.45, 7) is -0.145. The number of halogens is 3. The van der Waals surface area contributed by atoms with Crippen LogP contribution in [-0.4, -0.2) is 11.0 Å². The number of nitrogens with one attached hydrogen (secondary N) is 1. The lowest BCUT2D eigenvalue weighted by Crippen LogP contribution is -2.24. The van der Waals surface area contributed by atoms with E-state index in [1.54, 1.807) is 0 Å². The van der Waals surface area contributed by atoms with E-state index in [9.17, 15) is 23.1 Å². The number of aromatic hydroxyl groups is 1. The number of hydrogen-bond acceptors (Lipinski definition) is 3. The molecule has 0 saturated heterocycles. The number of phenolic OH excluding ortho intramolecular Hbond substituents is 1. The molecule has 0 fully saturated rings. The number of nitrogens with two attached hydrogens (primary N) is 1. The zero-order valence-corrected chi connectivity index (χ0v) is 10.7. The Morgan fingerprint density at radius 1 is 1.14 bits per heavy atom. The number of phenols is 1. The predicted molar refractivity (Wildman–Crippen MR) is 70.0 cm³/mol. The third kappa shape index (κ3) is 3.07. The van der Waals surface area contributed by atoms with E-state index in [0.29, 0.717) is 17.3 Å². The molecule has 0 bridgehead atoms. The van der Waals surface area contributed by atoms with Gasteiger partial charge in [-0.1, -0.05) is 0 Å². The molecule has 0 aromatic heterocycles. The van der Waals surface area contributed by atoms with Crippen LogP contribution in [0.2, 0.25) is 0 Å². The Kier molecular flexibility index (Phi) is 4.02. The van der Waals surface area contributed by atoms with E-state index in [1.807, 2.05) is 0 Å². The highest BCUT2D eigenvalue weighted by Crippen LogP contribution is 2.20. The fourth-order valence-electron chi connectivity index (χ4n) is 1.72. The average Bonchev–Trinajstić information content (AvgIpc) is 2.45. The van der Waals surface area contributed by atoms with Crippen LogP contribution in [0.1, 0.15) is 15.9 Å². The van der Waals surface area contributed by atoms with Crippen LogP contribution in [-0.2, 0) is 6.54 Å². The minimum Gasteiger partial charge on any atom is -0.508 e. The van der Waals surface area contributed by atoms with E-state index in [4.69, 9.17) is 5.73 Å². The molecule has 0 unspecified atom stereocenters. The number of hydrogen-bond donors (Lipinski definition) is 3. The molecule has 0 atom stereocenters. The van der Waals surface area contributed by atoms with Crippen LogP contribution >= 0.6 is 0 Å². The number of anilines is 1. The Morgan fingerprint density at radius 2 is 1.86 bits per heavy atom. The standard InChI is InChI=1S/C14H11F3N2O2/c15-10-3-2-9(12(16)13(10)17)14(21)19-6-7-5-8(18)1-4-11(7)20/h1-5,20H,6,18H2,(H,19,21). The molecule has 4 nitrogen and oxygen atoms in total. The van der Waals surface area contributed by atoms with Crippen LogP contribution in [0.15, 0.2) is 30.3 Å². The Morgan fingerprint density at radius 3 is 2.57 bits per heavy atom. The Labute approximate surface area is 118 Å². The highest BCUT2D eigenvalue weighted by molar-refractivity contribution is 5.94. The summed E-state index contributed by atoms with van der Waals surface area (Å²) < 4.78 is 39.3. The maximum atomic E-state index is 13.4. The van der Waals surface area contributed by atoms with E-state index in [-0.39, 0.29) is 12.3 Å². The fraction of sp³-hybridized carbons (Fsp3) is 0.0714. The smallest absolute Gasteiger partial charge is 0.254 e. The molecule has 21 heavy (non-hydrogen) atoms. The van der Waals surface area contributed by atoms with Gasteiger partial charge >= 0.3 is 0 Å². The second-order valence-corrected chi connectivity index (χ2v) is 4.29. The summed E-state index contributed by atoms with van der Waals surface area (Å²) in [6.07, 6.45) is 0. The van der Waals surface area contributed by atoms with Crippen molar-refractivity contribution in [2.24, 2.45) is 0 Å². The molecule has 4 N–H and O–H groups in total. The van der Waals surface area contributed by atoms with E-state index in [2.05, 4.69) is 5.32 Å². The summed E-state index contributed by atoms with van der Waals surface area (Å²) in [5.41, 5.74) is 5.59. The lowest BCUT2D eigenvalue weighted by Gasteiger charge is -2.09. The number of amides is 1. The van der Waals surface area contributed by atoms with Crippen LogP contribution in [0, 0.1) is 17.5 Å². The van der Waals surface area contributed by atoms with Crippen molar-refractivity contribution in [3.8, 4) is 5.75 Å². The zero-order valence-electron chi connectivity index (χ0n) is 10.7. The first-order chi connectivity index (χ1) is 9.90. The van der Waals surface area contributed by atoms with Gasteiger partial charge in [0, 0.05) is 17.8 Å². The van der Waals surface area contributed by atoms with Gasteiger partial charge in [-0.2, -0.15) is 0 Å². The van der Waals surface area contributed by atoms with E-state index < -0.39 is 28.9 Å². The van der Waals surface area contributed by atoms with E-state index in [0.717, 1.165) is 6.07 Å². The molecule has 0 aliphatic carbocycles. The predicted octanol–water partition coefficient (Wildman–Crippen LogP) is 2.32. The number of rotatable bonds is 3. The van der Waals surface area contributed by atoms with Crippen molar-refractivity contribution in [2.75, 3.05) is 5.73 Å². The molecule has 0 aliphatic rings. The van der Waals surface area contributed by atoms with Gasteiger partial charge in [0.05, 0.1) is 5.56 Å². The highest BCUT2D eigenvalue weighted by Gasteiger charge is 2.18. The molecule has 1 amide bonds.